The molecule has 2 rings (SSSR count). The molecule has 0 radical (unpaired) electrons. The standard InChI is InChI=1S/C21H25BrN2O4/c1-4-14(2)23-20(25)15-6-5-7-17(12-15)24-21(26)18-13-16(22)8-9-19(18)28-11-10-27-3/h5-9,12-14H,4,10-11H2,1-3H3,(H,23,25)(H,24,26). The average molecular weight is 449 g/mol. The minimum absolute atomic E-state index is 0.0826. The third kappa shape index (κ3) is 6.35. The van der Waals surface area contributed by atoms with E-state index in [-0.39, 0.29) is 17.9 Å². The predicted octanol–water partition coefficient (Wildman–Crippen LogP) is 4.25. The summed E-state index contributed by atoms with van der Waals surface area (Å²) in [4.78, 5) is 25.1. The highest BCUT2D eigenvalue weighted by Crippen LogP contribution is 2.24. The molecule has 2 N–H and O–H groups in total. The van der Waals surface area contributed by atoms with Crippen molar-refractivity contribution in [1.29, 1.82) is 0 Å². The van der Waals surface area contributed by atoms with Crippen molar-refractivity contribution in [2.45, 2.75) is 26.3 Å². The number of methoxy groups -OCH3 is 1. The highest BCUT2D eigenvalue weighted by atomic mass is 79.9. The van der Waals surface area contributed by atoms with Gasteiger partial charge in [0.1, 0.15) is 12.4 Å². The molecule has 0 fully saturated rings. The number of hydrogen-bond acceptors (Lipinski definition) is 4. The lowest BCUT2D eigenvalue weighted by atomic mass is 10.1. The Hall–Kier alpha value is -2.38. The number of carbonyl (C=O) groups is 2. The Bertz CT molecular complexity index is 826. The maximum Gasteiger partial charge on any atom is 0.259 e. The van der Waals surface area contributed by atoms with Gasteiger partial charge in [-0.3, -0.25) is 9.59 Å². The van der Waals surface area contributed by atoms with E-state index in [4.69, 9.17) is 9.47 Å². The molecule has 0 spiro atoms. The molecular formula is C21H25BrN2O4. The van der Waals surface area contributed by atoms with Crippen molar-refractivity contribution >= 4 is 33.4 Å². The highest BCUT2D eigenvalue weighted by molar-refractivity contribution is 9.10. The molecular weight excluding hydrogens is 424 g/mol. The Balaban J connectivity index is 2.15. The van der Waals surface area contributed by atoms with Gasteiger partial charge in [-0.2, -0.15) is 0 Å². The van der Waals surface area contributed by atoms with Gasteiger partial charge in [-0.1, -0.05) is 28.9 Å². The molecule has 0 heterocycles. The van der Waals surface area contributed by atoms with Crippen molar-refractivity contribution < 1.29 is 19.1 Å². The number of benzene rings is 2. The molecule has 150 valence electrons. The quantitative estimate of drug-likeness (QED) is 0.561. The Morgan fingerprint density at radius 1 is 1.11 bits per heavy atom. The van der Waals surface area contributed by atoms with E-state index >= 15 is 0 Å². The van der Waals surface area contributed by atoms with Crippen molar-refractivity contribution in [2.24, 2.45) is 0 Å². The highest BCUT2D eigenvalue weighted by Gasteiger charge is 2.15. The Morgan fingerprint density at radius 2 is 1.89 bits per heavy atom. The van der Waals surface area contributed by atoms with E-state index in [2.05, 4.69) is 26.6 Å². The maximum atomic E-state index is 12.8. The van der Waals surface area contributed by atoms with Crippen LogP contribution >= 0.6 is 15.9 Å². The summed E-state index contributed by atoms with van der Waals surface area (Å²) in [6.07, 6.45) is 0.844. The van der Waals surface area contributed by atoms with Crippen molar-refractivity contribution in [1.82, 2.24) is 5.32 Å². The number of rotatable bonds is 9. The van der Waals surface area contributed by atoms with E-state index in [0.717, 1.165) is 10.9 Å². The van der Waals surface area contributed by atoms with Crippen LogP contribution in [0.15, 0.2) is 46.9 Å². The molecule has 28 heavy (non-hydrogen) atoms. The smallest absolute Gasteiger partial charge is 0.259 e. The fraction of sp³-hybridized carbons (Fsp3) is 0.333. The Morgan fingerprint density at radius 3 is 2.61 bits per heavy atom. The van der Waals surface area contributed by atoms with Crippen LogP contribution in [0.3, 0.4) is 0 Å². The summed E-state index contributed by atoms with van der Waals surface area (Å²) < 4.78 is 11.4. The van der Waals surface area contributed by atoms with Gasteiger partial charge in [0, 0.05) is 28.9 Å². The minimum atomic E-state index is -0.326. The maximum absolute atomic E-state index is 12.8. The molecule has 1 unspecified atom stereocenters. The van der Waals surface area contributed by atoms with Crippen molar-refractivity contribution in [2.75, 3.05) is 25.6 Å². The lowest BCUT2D eigenvalue weighted by Crippen LogP contribution is -2.31. The lowest BCUT2D eigenvalue weighted by molar-refractivity contribution is 0.0938. The first-order valence-corrected chi connectivity index (χ1v) is 9.87. The molecule has 0 aliphatic carbocycles. The molecule has 2 aromatic rings. The topological polar surface area (TPSA) is 76.7 Å². The second-order valence-corrected chi connectivity index (χ2v) is 7.22. The van der Waals surface area contributed by atoms with Crippen LogP contribution in [0.2, 0.25) is 0 Å². The fourth-order valence-corrected chi connectivity index (χ4v) is 2.75. The molecule has 0 bridgehead atoms. The monoisotopic (exact) mass is 448 g/mol. The Kier molecular flexibility index (Phi) is 8.47. The van der Waals surface area contributed by atoms with E-state index in [1.165, 1.54) is 0 Å². The Labute approximate surface area is 173 Å². The summed E-state index contributed by atoms with van der Waals surface area (Å²) in [7, 11) is 1.59. The largest absolute Gasteiger partial charge is 0.490 e. The fourth-order valence-electron chi connectivity index (χ4n) is 2.39. The van der Waals surface area contributed by atoms with Gasteiger partial charge in [-0.05, 0) is 49.7 Å². The summed E-state index contributed by atoms with van der Waals surface area (Å²) in [6.45, 7) is 4.71. The van der Waals surface area contributed by atoms with Crippen LogP contribution < -0.4 is 15.4 Å². The van der Waals surface area contributed by atoms with Crippen LogP contribution in [-0.2, 0) is 4.74 Å². The van der Waals surface area contributed by atoms with Gasteiger partial charge in [0.15, 0.2) is 0 Å². The van der Waals surface area contributed by atoms with Gasteiger partial charge in [0.25, 0.3) is 11.8 Å². The first-order chi connectivity index (χ1) is 13.4. The van der Waals surface area contributed by atoms with E-state index in [0.29, 0.717) is 35.8 Å². The van der Waals surface area contributed by atoms with E-state index in [1.807, 2.05) is 13.8 Å². The average Bonchev–Trinajstić information content (AvgIpc) is 2.69. The zero-order valence-electron chi connectivity index (χ0n) is 16.3. The van der Waals surface area contributed by atoms with Crippen LogP contribution in [0.1, 0.15) is 41.0 Å². The van der Waals surface area contributed by atoms with Gasteiger partial charge in [-0.15, -0.1) is 0 Å². The second-order valence-electron chi connectivity index (χ2n) is 6.30. The van der Waals surface area contributed by atoms with E-state index in [9.17, 15) is 9.59 Å². The van der Waals surface area contributed by atoms with Gasteiger partial charge < -0.3 is 20.1 Å². The number of hydrogen-bond donors (Lipinski definition) is 2. The number of ether oxygens (including phenoxy) is 2. The molecule has 0 saturated carbocycles. The molecule has 0 aliphatic rings. The molecule has 0 aromatic heterocycles. The van der Waals surface area contributed by atoms with Crippen LogP contribution in [0, 0.1) is 0 Å². The normalized spacial score (nSPS) is 11.6. The number of carbonyl (C=O) groups excluding carboxylic acids is 2. The molecule has 1 atom stereocenters. The minimum Gasteiger partial charge on any atom is -0.490 e. The molecule has 0 aliphatic heterocycles. The van der Waals surface area contributed by atoms with E-state index < -0.39 is 0 Å². The van der Waals surface area contributed by atoms with Gasteiger partial charge in [0.05, 0.1) is 12.2 Å². The first-order valence-electron chi connectivity index (χ1n) is 9.08. The molecule has 6 nitrogen and oxygen atoms in total. The first kappa shape index (κ1) is 21.9. The van der Waals surface area contributed by atoms with Crippen molar-refractivity contribution in [3.05, 3.63) is 58.1 Å². The van der Waals surface area contributed by atoms with Gasteiger partial charge in [-0.25, -0.2) is 0 Å². The summed E-state index contributed by atoms with van der Waals surface area (Å²) >= 11 is 3.38. The number of nitrogens with one attached hydrogen (secondary N) is 2. The predicted molar refractivity (Wildman–Crippen MR) is 113 cm³/mol. The third-order valence-electron chi connectivity index (χ3n) is 4.10. The SMILES string of the molecule is CCC(C)NC(=O)c1cccc(NC(=O)c2cc(Br)ccc2OCCOC)c1. The molecule has 0 saturated heterocycles. The summed E-state index contributed by atoms with van der Waals surface area (Å²) in [6, 6.07) is 12.1. The lowest BCUT2D eigenvalue weighted by Gasteiger charge is -2.14. The third-order valence-corrected chi connectivity index (χ3v) is 4.60. The van der Waals surface area contributed by atoms with Crippen LogP contribution in [0.5, 0.6) is 5.75 Å². The zero-order valence-corrected chi connectivity index (χ0v) is 17.8. The van der Waals surface area contributed by atoms with Crippen LogP contribution in [0.4, 0.5) is 5.69 Å². The van der Waals surface area contributed by atoms with Crippen molar-refractivity contribution in [3.8, 4) is 5.75 Å². The molecule has 7 heteroatoms. The van der Waals surface area contributed by atoms with E-state index in [1.54, 1.807) is 49.6 Å². The summed E-state index contributed by atoms with van der Waals surface area (Å²) in [5.41, 5.74) is 1.41. The van der Waals surface area contributed by atoms with Gasteiger partial charge >= 0.3 is 0 Å². The number of anilines is 1. The number of halogens is 1. The number of amides is 2. The van der Waals surface area contributed by atoms with Gasteiger partial charge in [0.2, 0.25) is 0 Å². The van der Waals surface area contributed by atoms with Crippen LogP contribution in [-0.4, -0.2) is 38.2 Å². The van der Waals surface area contributed by atoms with Crippen LogP contribution in [0.25, 0.3) is 0 Å². The van der Waals surface area contributed by atoms with Crippen molar-refractivity contribution in [3.63, 3.8) is 0 Å². The second kappa shape index (κ2) is 10.8. The molecule has 2 aromatic carbocycles. The molecule has 2 amide bonds. The summed E-state index contributed by atoms with van der Waals surface area (Å²) in [5.74, 6) is -0.0342. The summed E-state index contributed by atoms with van der Waals surface area (Å²) in [5, 5.41) is 5.74. The zero-order chi connectivity index (χ0) is 20.5.